The van der Waals surface area contributed by atoms with Crippen molar-refractivity contribution in [2.24, 2.45) is 0 Å². The largest absolute Gasteiger partial charge is 0.395 e. The molecule has 1 saturated heterocycles. The molecule has 4 heteroatoms. The summed E-state index contributed by atoms with van der Waals surface area (Å²) in [4.78, 5) is 10.9. The van der Waals surface area contributed by atoms with Crippen molar-refractivity contribution in [3.05, 3.63) is 48.3 Å². The van der Waals surface area contributed by atoms with Gasteiger partial charge in [0.1, 0.15) is 0 Å². The first-order valence-electron chi connectivity index (χ1n) is 7.08. The van der Waals surface area contributed by atoms with Crippen LogP contribution in [-0.2, 0) is 6.54 Å². The molecule has 0 saturated carbocycles. The molecule has 4 nitrogen and oxygen atoms in total. The molecule has 0 aliphatic carbocycles. The van der Waals surface area contributed by atoms with Crippen LogP contribution in [0.1, 0.15) is 18.4 Å². The SMILES string of the molecule is OC[C@@H]1CCCN1Cc1cccc(-c2ncccn2)c1. The van der Waals surface area contributed by atoms with Crippen LogP contribution in [0.4, 0.5) is 0 Å². The summed E-state index contributed by atoms with van der Waals surface area (Å²) >= 11 is 0. The molecule has 0 amide bonds. The normalized spacial score (nSPS) is 19.4. The second kappa shape index (κ2) is 6.11. The number of nitrogens with zero attached hydrogens (tertiary/aromatic N) is 3. The van der Waals surface area contributed by atoms with Crippen LogP contribution in [0.15, 0.2) is 42.7 Å². The van der Waals surface area contributed by atoms with Gasteiger partial charge in [0.2, 0.25) is 0 Å². The zero-order chi connectivity index (χ0) is 13.8. The zero-order valence-corrected chi connectivity index (χ0v) is 11.4. The average Bonchev–Trinajstić information content (AvgIpc) is 2.96. The predicted molar refractivity (Wildman–Crippen MR) is 78.0 cm³/mol. The molecule has 1 aliphatic heterocycles. The van der Waals surface area contributed by atoms with E-state index in [4.69, 9.17) is 0 Å². The van der Waals surface area contributed by atoms with Crippen LogP contribution in [0.2, 0.25) is 0 Å². The van der Waals surface area contributed by atoms with E-state index in [1.54, 1.807) is 12.4 Å². The van der Waals surface area contributed by atoms with Gasteiger partial charge in [0.25, 0.3) is 0 Å². The number of hydrogen-bond acceptors (Lipinski definition) is 4. The fraction of sp³-hybridized carbons (Fsp3) is 0.375. The van der Waals surface area contributed by atoms with Crippen molar-refractivity contribution in [3.8, 4) is 11.4 Å². The van der Waals surface area contributed by atoms with Crippen molar-refractivity contribution >= 4 is 0 Å². The third kappa shape index (κ3) is 2.86. The highest BCUT2D eigenvalue weighted by atomic mass is 16.3. The molecule has 20 heavy (non-hydrogen) atoms. The van der Waals surface area contributed by atoms with Gasteiger partial charge in [0, 0.05) is 30.5 Å². The van der Waals surface area contributed by atoms with Gasteiger partial charge >= 0.3 is 0 Å². The van der Waals surface area contributed by atoms with Gasteiger partial charge in [0.15, 0.2) is 5.82 Å². The summed E-state index contributed by atoms with van der Waals surface area (Å²) in [5.41, 5.74) is 2.29. The van der Waals surface area contributed by atoms with Crippen molar-refractivity contribution < 1.29 is 5.11 Å². The van der Waals surface area contributed by atoms with Crippen LogP contribution in [0.5, 0.6) is 0 Å². The lowest BCUT2D eigenvalue weighted by Crippen LogP contribution is -2.31. The summed E-state index contributed by atoms with van der Waals surface area (Å²) in [5, 5.41) is 9.39. The smallest absolute Gasteiger partial charge is 0.159 e. The van der Waals surface area contributed by atoms with Crippen LogP contribution in [-0.4, -0.2) is 39.2 Å². The Balaban J connectivity index is 1.78. The molecule has 1 atom stereocenters. The van der Waals surface area contributed by atoms with Gasteiger partial charge < -0.3 is 5.11 Å². The highest BCUT2D eigenvalue weighted by molar-refractivity contribution is 5.55. The molecule has 1 N–H and O–H groups in total. The quantitative estimate of drug-likeness (QED) is 0.923. The van der Waals surface area contributed by atoms with Gasteiger partial charge in [-0.15, -0.1) is 0 Å². The van der Waals surface area contributed by atoms with E-state index in [1.165, 1.54) is 12.0 Å². The Hall–Kier alpha value is -1.78. The molecule has 104 valence electrons. The summed E-state index contributed by atoms with van der Waals surface area (Å²) in [6, 6.07) is 10.5. The van der Waals surface area contributed by atoms with Gasteiger partial charge in [-0.1, -0.05) is 18.2 Å². The number of hydrogen-bond donors (Lipinski definition) is 1. The summed E-state index contributed by atoms with van der Waals surface area (Å²) < 4.78 is 0. The molecule has 1 aliphatic rings. The molecule has 2 heterocycles. The van der Waals surface area contributed by atoms with Crippen molar-refractivity contribution in [2.45, 2.75) is 25.4 Å². The molecular formula is C16H19N3O. The van der Waals surface area contributed by atoms with E-state index in [1.807, 2.05) is 18.2 Å². The van der Waals surface area contributed by atoms with E-state index in [2.05, 4.69) is 27.0 Å². The molecule has 0 spiro atoms. The topological polar surface area (TPSA) is 49.2 Å². The molecule has 2 aromatic rings. The van der Waals surface area contributed by atoms with Crippen molar-refractivity contribution in [3.63, 3.8) is 0 Å². The fourth-order valence-electron chi connectivity index (χ4n) is 2.80. The number of likely N-dealkylation sites (tertiary alicyclic amines) is 1. The van der Waals surface area contributed by atoms with E-state index in [0.29, 0.717) is 6.04 Å². The fourth-order valence-corrected chi connectivity index (χ4v) is 2.80. The minimum atomic E-state index is 0.251. The minimum Gasteiger partial charge on any atom is -0.395 e. The lowest BCUT2D eigenvalue weighted by molar-refractivity contribution is 0.153. The highest BCUT2D eigenvalue weighted by Crippen LogP contribution is 2.22. The maximum absolute atomic E-state index is 9.39. The molecule has 1 aromatic heterocycles. The third-order valence-electron chi connectivity index (χ3n) is 3.85. The second-order valence-electron chi connectivity index (χ2n) is 5.22. The number of rotatable bonds is 4. The number of aromatic nitrogens is 2. The van der Waals surface area contributed by atoms with Gasteiger partial charge in [-0.25, -0.2) is 9.97 Å². The zero-order valence-electron chi connectivity index (χ0n) is 11.4. The maximum atomic E-state index is 9.39. The molecule has 0 radical (unpaired) electrons. The first kappa shape index (κ1) is 13.2. The first-order chi connectivity index (χ1) is 9.86. The van der Waals surface area contributed by atoms with Gasteiger partial charge in [-0.05, 0) is 37.1 Å². The number of benzene rings is 1. The summed E-state index contributed by atoms with van der Waals surface area (Å²) in [7, 11) is 0. The molecule has 0 bridgehead atoms. The van der Waals surface area contributed by atoms with E-state index in [-0.39, 0.29) is 6.61 Å². The highest BCUT2D eigenvalue weighted by Gasteiger charge is 2.23. The standard InChI is InChI=1S/C16H19N3O/c20-12-15-6-2-9-19(15)11-13-4-1-5-14(10-13)16-17-7-3-8-18-16/h1,3-5,7-8,10,15,20H,2,6,9,11-12H2/t15-/m0/s1. The second-order valence-corrected chi connectivity index (χ2v) is 5.22. The van der Waals surface area contributed by atoms with Crippen LogP contribution >= 0.6 is 0 Å². The van der Waals surface area contributed by atoms with E-state index < -0.39 is 0 Å². The lowest BCUT2D eigenvalue weighted by Gasteiger charge is -2.22. The Kier molecular flexibility index (Phi) is 4.04. The molecule has 0 unspecified atom stereocenters. The van der Waals surface area contributed by atoms with E-state index >= 15 is 0 Å². The minimum absolute atomic E-state index is 0.251. The number of aliphatic hydroxyl groups is 1. The van der Waals surface area contributed by atoms with Crippen LogP contribution < -0.4 is 0 Å². The molecular weight excluding hydrogens is 250 g/mol. The first-order valence-corrected chi connectivity index (χ1v) is 7.08. The molecule has 1 aromatic carbocycles. The van der Waals surface area contributed by atoms with Crippen molar-refractivity contribution in [2.75, 3.05) is 13.2 Å². The predicted octanol–water partition coefficient (Wildman–Crippen LogP) is 2.10. The lowest BCUT2D eigenvalue weighted by atomic mass is 10.1. The maximum Gasteiger partial charge on any atom is 0.159 e. The van der Waals surface area contributed by atoms with Crippen molar-refractivity contribution in [1.82, 2.24) is 14.9 Å². The Morgan fingerprint density at radius 1 is 1.20 bits per heavy atom. The third-order valence-corrected chi connectivity index (χ3v) is 3.85. The van der Waals surface area contributed by atoms with Crippen LogP contribution in [0.25, 0.3) is 11.4 Å². The summed E-state index contributed by atoms with van der Waals surface area (Å²) in [5.74, 6) is 0.759. The Morgan fingerprint density at radius 3 is 2.85 bits per heavy atom. The summed E-state index contributed by atoms with van der Waals surface area (Å²) in [6.45, 7) is 2.20. The number of aliphatic hydroxyl groups excluding tert-OH is 1. The van der Waals surface area contributed by atoms with Gasteiger partial charge in [0.05, 0.1) is 6.61 Å². The Morgan fingerprint density at radius 2 is 2.05 bits per heavy atom. The van der Waals surface area contributed by atoms with Crippen LogP contribution in [0.3, 0.4) is 0 Å². The van der Waals surface area contributed by atoms with Crippen LogP contribution in [0, 0.1) is 0 Å². The molecule has 3 rings (SSSR count). The summed E-state index contributed by atoms with van der Waals surface area (Å²) in [6.07, 6.45) is 5.79. The van der Waals surface area contributed by atoms with Crippen molar-refractivity contribution in [1.29, 1.82) is 0 Å². The Bertz CT molecular complexity index is 559. The van der Waals surface area contributed by atoms with Gasteiger partial charge in [-0.2, -0.15) is 0 Å². The van der Waals surface area contributed by atoms with E-state index in [9.17, 15) is 5.11 Å². The Labute approximate surface area is 119 Å². The van der Waals surface area contributed by atoms with Gasteiger partial charge in [-0.3, -0.25) is 4.90 Å². The average molecular weight is 269 g/mol. The van der Waals surface area contributed by atoms with E-state index in [0.717, 1.165) is 30.9 Å². The molecule has 1 fully saturated rings. The monoisotopic (exact) mass is 269 g/mol.